The topological polar surface area (TPSA) is 108 Å². The van der Waals surface area contributed by atoms with Gasteiger partial charge in [-0.25, -0.2) is 8.42 Å². The summed E-state index contributed by atoms with van der Waals surface area (Å²) in [6.07, 6.45) is 0. The molecule has 8 heteroatoms. The molecular formula is C14H16N2O5S. The fourth-order valence-electron chi connectivity index (χ4n) is 2.11. The van der Waals surface area contributed by atoms with Crippen LogP contribution in [0.5, 0.6) is 0 Å². The number of hydrogen-bond donors (Lipinski definition) is 2. The number of H-pyrrole nitrogens is 1. The Bertz CT molecular complexity index is 870. The first-order valence-electron chi connectivity index (χ1n) is 6.58. The number of sulfonamides is 1. The van der Waals surface area contributed by atoms with Gasteiger partial charge in [0.25, 0.3) is 0 Å². The molecule has 1 heterocycles. The third-order valence-corrected chi connectivity index (χ3v) is 5.19. The van der Waals surface area contributed by atoms with E-state index in [1.165, 1.54) is 30.3 Å². The lowest BCUT2D eigenvalue weighted by atomic mass is 10.2. The summed E-state index contributed by atoms with van der Waals surface area (Å²) in [6, 6.07) is 6.58. The average molecular weight is 324 g/mol. The van der Waals surface area contributed by atoms with Gasteiger partial charge in [0.15, 0.2) is 0 Å². The van der Waals surface area contributed by atoms with E-state index in [-0.39, 0.29) is 10.5 Å². The van der Waals surface area contributed by atoms with Crippen LogP contribution in [0.3, 0.4) is 0 Å². The Hall–Kier alpha value is -2.19. The molecule has 0 atom stereocenters. The van der Waals surface area contributed by atoms with Crippen LogP contribution in [0.2, 0.25) is 0 Å². The smallest absolute Gasteiger partial charge is 0.318 e. The van der Waals surface area contributed by atoms with E-state index in [9.17, 15) is 18.0 Å². The molecule has 0 amide bonds. The summed E-state index contributed by atoms with van der Waals surface area (Å²) in [6.45, 7) is 2.61. The molecule has 0 saturated carbocycles. The molecule has 2 N–H and O–H groups in total. The number of carboxylic acid groups (broad SMARTS) is 1. The van der Waals surface area contributed by atoms with Crippen LogP contribution in [0.4, 0.5) is 0 Å². The van der Waals surface area contributed by atoms with Gasteiger partial charge in [0.1, 0.15) is 6.54 Å². The van der Waals surface area contributed by atoms with Gasteiger partial charge in [-0.1, -0.05) is 0 Å². The summed E-state index contributed by atoms with van der Waals surface area (Å²) in [5.41, 5.74) is 0.235. The Morgan fingerprint density at radius 3 is 2.55 bits per heavy atom. The van der Waals surface area contributed by atoms with E-state index in [4.69, 9.17) is 5.11 Å². The van der Waals surface area contributed by atoms with Crippen molar-refractivity contribution in [3.05, 3.63) is 40.7 Å². The normalized spacial score (nSPS) is 12.2. The molecule has 1 aromatic carbocycles. The number of aromatic nitrogens is 1. The van der Waals surface area contributed by atoms with Gasteiger partial charge in [0.2, 0.25) is 15.6 Å². The van der Waals surface area contributed by atoms with Crippen LogP contribution in [-0.2, 0) is 14.8 Å². The number of carbonyl (C=O) groups is 1. The molecule has 2 rings (SSSR count). The molecule has 22 heavy (non-hydrogen) atoms. The Balaban J connectivity index is 2.54. The zero-order valence-electron chi connectivity index (χ0n) is 12.1. The highest BCUT2D eigenvalue weighted by atomic mass is 32.2. The Morgan fingerprint density at radius 2 is 1.95 bits per heavy atom. The SMILES string of the molecule is CC(C)N(CC(=O)O)S(=O)(=O)c1ccc2[nH]c(=O)ccc2c1. The zero-order valence-corrected chi connectivity index (χ0v) is 12.9. The van der Waals surface area contributed by atoms with Crippen molar-refractivity contribution in [2.45, 2.75) is 24.8 Å². The Morgan fingerprint density at radius 1 is 1.27 bits per heavy atom. The summed E-state index contributed by atoms with van der Waals surface area (Å²) in [5, 5.41) is 9.45. The summed E-state index contributed by atoms with van der Waals surface area (Å²) < 4.78 is 26.1. The molecule has 1 aromatic heterocycles. The fourth-order valence-corrected chi connectivity index (χ4v) is 3.73. The van der Waals surface area contributed by atoms with E-state index in [1.54, 1.807) is 13.8 Å². The summed E-state index contributed by atoms with van der Waals surface area (Å²) >= 11 is 0. The quantitative estimate of drug-likeness (QED) is 0.853. The van der Waals surface area contributed by atoms with Crippen LogP contribution >= 0.6 is 0 Å². The first-order chi connectivity index (χ1) is 10.2. The van der Waals surface area contributed by atoms with Crippen molar-refractivity contribution in [2.75, 3.05) is 6.54 Å². The molecule has 2 aromatic rings. The molecule has 0 bridgehead atoms. The fraction of sp³-hybridized carbons (Fsp3) is 0.286. The first kappa shape index (κ1) is 16.2. The number of aromatic amines is 1. The maximum absolute atomic E-state index is 12.6. The maximum Gasteiger partial charge on any atom is 0.318 e. The highest BCUT2D eigenvalue weighted by Crippen LogP contribution is 2.21. The van der Waals surface area contributed by atoms with Gasteiger partial charge in [-0.05, 0) is 43.5 Å². The van der Waals surface area contributed by atoms with Gasteiger partial charge in [0.05, 0.1) is 4.90 Å². The highest BCUT2D eigenvalue weighted by Gasteiger charge is 2.29. The van der Waals surface area contributed by atoms with Crippen LogP contribution in [0.1, 0.15) is 13.8 Å². The lowest BCUT2D eigenvalue weighted by molar-refractivity contribution is -0.137. The lowest BCUT2D eigenvalue weighted by Crippen LogP contribution is -2.40. The van der Waals surface area contributed by atoms with E-state index < -0.39 is 28.6 Å². The number of carboxylic acids is 1. The van der Waals surface area contributed by atoms with E-state index in [0.717, 1.165) is 4.31 Å². The Labute approximate surface area is 127 Å². The van der Waals surface area contributed by atoms with Crippen molar-refractivity contribution in [1.29, 1.82) is 0 Å². The van der Waals surface area contributed by atoms with Crippen molar-refractivity contribution in [1.82, 2.24) is 9.29 Å². The van der Waals surface area contributed by atoms with Crippen LogP contribution in [0.25, 0.3) is 10.9 Å². The molecule has 0 spiro atoms. The largest absolute Gasteiger partial charge is 0.480 e. The second-order valence-corrected chi connectivity index (χ2v) is 7.00. The maximum atomic E-state index is 12.6. The van der Waals surface area contributed by atoms with Gasteiger partial charge >= 0.3 is 5.97 Å². The number of fused-ring (bicyclic) bond motifs is 1. The number of hydrogen-bond acceptors (Lipinski definition) is 4. The number of nitrogens with zero attached hydrogens (tertiary/aromatic N) is 1. The van der Waals surface area contributed by atoms with Crippen LogP contribution in [0.15, 0.2) is 40.0 Å². The number of aliphatic carboxylic acids is 1. The van der Waals surface area contributed by atoms with E-state index >= 15 is 0 Å². The van der Waals surface area contributed by atoms with Crippen molar-refractivity contribution < 1.29 is 18.3 Å². The Kier molecular flexibility index (Phi) is 4.34. The number of pyridine rings is 1. The molecule has 118 valence electrons. The molecular weight excluding hydrogens is 308 g/mol. The predicted molar refractivity (Wildman–Crippen MR) is 81.2 cm³/mol. The van der Waals surface area contributed by atoms with Crippen molar-refractivity contribution in [3.63, 3.8) is 0 Å². The summed E-state index contributed by atoms with van der Waals surface area (Å²) in [4.78, 5) is 24.7. The van der Waals surface area contributed by atoms with Crippen LogP contribution in [-0.4, -0.2) is 41.4 Å². The molecule has 0 saturated heterocycles. The van der Waals surface area contributed by atoms with Crippen molar-refractivity contribution in [3.8, 4) is 0 Å². The minimum atomic E-state index is -3.94. The lowest BCUT2D eigenvalue weighted by Gasteiger charge is -2.24. The third kappa shape index (κ3) is 3.18. The molecule has 0 fully saturated rings. The van der Waals surface area contributed by atoms with Gasteiger partial charge < -0.3 is 10.1 Å². The number of benzene rings is 1. The molecule has 0 aliphatic carbocycles. The summed E-state index contributed by atoms with van der Waals surface area (Å²) in [7, 11) is -3.94. The van der Waals surface area contributed by atoms with Gasteiger partial charge in [-0.3, -0.25) is 9.59 Å². The third-order valence-electron chi connectivity index (χ3n) is 3.17. The van der Waals surface area contributed by atoms with Crippen LogP contribution < -0.4 is 5.56 Å². The van der Waals surface area contributed by atoms with E-state index in [2.05, 4.69) is 4.98 Å². The minimum absolute atomic E-state index is 0.0120. The predicted octanol–water partition coefficient (Wildman–Crippen LogP) is 1.01. The number of nitrogens with one attached hydrogen (secondary N) is 1. The minimum Gasteiger partial charge on any atom is -0.480 e. The molecule has 0 aliphatic heterocycles. The average Bonchev–Trinajstić information content (AvgIpc) is 2.43. The first-order valence-corrected chi connectivity index (χ1v) is 8.02. The van der Waals surface area contributed by atoms with Gasteiger partial charge in [-0.15, -0.1) is 0 Å². The standard InChI is InChI=1S/C14H16N2O5S/c1-9(2)16(8-14(18)19)22(20,21)11-4-5-12-10(7-11)3-6-13(17)15-12/h3-7,9H,8H2,1-2H3,(H,15,17)(H,18,19). The van der Waals surface area contributed by atoms with E-state index in [1.807, 2.05) is 0 Å². The van der Waals surface area contributed by atoms with Gasteiger partial charge in [-0.2, -0.15) is 4.31 Å². The molecule has 0 aliphatic rings. The van der Waals surface area contributed by atoms with Crippen LogP contribution in [0, 0.1) is 0 Å². The van der Waals surface area contributed by atoms with E-state index in [0.29, 0.717) is 10.9 Å². The second-order valence-electron chi connectivity index (χ2n) is 5.11. The molecule has 7 nitrogen and oxygen atoms in total. The second kappa shape index (κ2) is 5.90. The molecule has 0 unspecified atom stereocenters. The molecule has 0 radical (unpaired) electrons. The van der Waals surface area contributed by atoms with Gasteiger partial charge in [0, 0.05) is 17.6 Å². The van der Waals surface area contributed by atoms with Crippen molar-refractivity contribution >= 4 is 26.9 Å². The monoisotopic (exact) mass is 324 g/mol. The summed E-state index contributed by atoms with van der Waals surface area (Å²) in [5.74, 6) is -1.22. The zero-order chi connectivity index (χ0) is 16.5. The van der Waals surface area contributed by atoms with Crippen molar-refractivity contribution in [2.24, 2.45) is 0 Å². The number of rotatable bonds is 5. The highest BCUT2D eigenvalue weighted by molar-refractivity contribution is 7.89.